The summed E-state index contributed by atoms with van der Waals surface area (Å²) in [6.45, 7) is 3.92. The van der Waals surface area contributed by atoms with Crippen LogP contribution in [0.1, 0.15) is 55.5 Å². The summed E-state index contributed by atoms with van der Waals surface area (Å²) < 4.78 is 0. The van der Waals surface area contributed by atoms with Gasteiger partial charge in [0.15, 0.2) is 0 Å². The molecule has 0 saturated heterocycles. The van der Waals surface area contributed by atoms with E-state index in [0.29, 0.717) is 16.5 Å². The molecule has 6 heteroatoms. The van der Waals surface area contributed by atoms with Gasteiger partial charge >= 0.3 is 5.97 Å². The minimum absolute atomic E-state index is 0.0301. The molecule has 1 aliphatic carbocycles. The van der Waals surface area contributed by atoms with E-state index in [1.54, 1.807) is 6.92 Å². The third-order valence-corrected chi connectivity index (χ3v) is 5.54. The number of hydrogen-bond acceptors (Lipinski definition) is 4. The van der Waals surface area contributed by atoms with E-state index in [2.05, 4.69) is 18.3 Å². The Balaban J connectivity index is 2.09. The van der Waals surface area contributed by atoms with Gasteiger partial charge in [0, 0.05) is 17.7 Å². The molecule has 0 saturated carbocycles. The first-order valence-electron chi connectivity index (χ1n) is 8.00. The molecule has 1 aromatic rings. The summed E-state index contributed by atoms with van der Waals surface area (Å²) in [7, 11) is 0. The Hall–Kier alpha value is -1.87. The Morgan fingerprint density at radius 1 is 1.48 bits per heavy atom. The predicted molar refractivity (Wildman–Crippen MR) is 89.5 cm³/mol. The number of nitrogens with one attached hydrogen (secondary N) is 1. The van der Waals surface area contributed by atoms with Crippen LogP contribution in [0.3, 0.4) is 0 Å². The number of carboxylic acid groups (broad SMARTS) is 1. The van der Waals surface area contributed by atoms with Gasteiger partial charge in [-0.05, 0) is 36.7 Å². The quantitative estimate of drug-likeness (QED) is 0.832. The number of nitrogens with zero attached hydrogens (tertiary/aromatic N) is 1. The Morgan fingerprint density at radius 3 is 2.83 bits per heavy atom. The van der Waals surface area contributed by atoms with Crippen LogP contribution in [-0.2, 0) is 22.4 Å². The number of amides is 1. The average Bonchev–Trinajstić information content (AvgIpc) is 2.81. The van der Waals surface area contributed by atoms with Crippen LogP contribution >= 0.6 is 11.3 Å². The molecular weight excluding hydrogens is 312 g/mol. The van der Waals surface area contributed by atoms with Gasteiger partial charge in [0.25, 0.3) is 0 Å². The summed E-state index contributed by atoms with van der Waals surface area (Å²) in [6.07, 6.45) is 4.23. The molecule has 1 heterocycles. The first-order valence-corrected chi connectivity index (χ1v) is 8.82. The first kappa shape index (κ1) is 17.5. The minimum atomic E-state index is -0.903. The average molecular weight is 334 g/mol. The second kappa shape index (κ2) is 7.60. The van der Waals surface area contributed by atoms with Gasteiger partial charge in [-0.15, -0.1) is 11.3 Å². The molecule has 1 amide bonds. The van der Waals surface area contributed by atoms with E-state index >= 15 is 0 Å². The highest BCUT2D eigenvalue weighted by atomic mass is 32.1. The van der Waals surface area contributed by atoms with E-state index in [9.17, 15) is 14.9 Å². The van der Waals surface area contributed by atoms with Crippen LogP contribution in [0, 0.1) is 23.2 Å². The van der Waals surface area contributed by atoms with Crippen LogP contribution in [0.4, 0.5) is 5.00 Å². The molecule has 0 unspecified atom stereocenters. The third-order valence-electron chi connectivity index (χ3n) is 4.37. The number of carbonyl (C=O) groups is 2. The highest BCUT2D eigenvalue weighted by molar-refractivity contribution is 7.16. The maximum atomic E-state index is 12.1. The monoisotopic (exact) mass is 334 g/mol. The summed E-state index contributed by atoms with van der Waals surface area (Å²) in [5.41, 5.74) is 1.69. The lowest BCUT2D eigenvalue weighted by Crippen LogP contribution is -2.17. The highest BCUT2D eigenvalue weighted by Gasteiger charge is 2.26. The molecular formula is C17H22N2O3S. The smallest absolute Gasteiger partial charge is 0.303 e. The van der Waals surface area contributed by atoms with Crippen LogP contribution < -0.4 is 5.32 Å². The van der Waals surface area contributed by atoms with Crippen molar-refractivity contribution in [1.82, 2.24) is 0 Å². The molecule has 124 valence electrons. The van der Waals surface area contributed by atoms with E-state index < -0.39 is 5.97 Å². The Bertz CT molecular complexity index is 645. The van der Waals surface area contributed by atoms with E-state index in [1.807, 2.05) is 0 Å². The predicted octanol–water partition coefficient (Wildman–Crippen LogP) is 3.57. The van der Waals surface area contributed by atoms with Crippen LogP contribution in [-0.4, -0.2) is 17.0 Å². The molecule has 0 radical (unpaired) electrons. The van der Waals surface area contributed by atoms with E-state index in [-0.39, 0.29) is 24.7 Å². The van der Waals surface area contributed by atoms with Crippen molar-refractivity contribution in [2.24, 2.45) is 11.8 Å². The zero-order valence-electron chi connectivity index (χ0n) is 13.5. The first-order chi connectivity index (χ1) is 10.9. The van der Waals surface area contributed by atoms with Gasteiger partial charge in [0.1, 0.15) is 11.1 Å². The number of carbonyl (C=O) groups excluding carboxylic acids is 1. The van der Waals surface area contributed by atoms with E-state index in [0.717, 1.165) is 31.2 Å². The van der Waals surface area contributed by atoms with Gasteiger partial charge in [0.2, 0.25) is 5.91 Å². The molecule has 2 N–H and O–H groups in total. The van der Waals surface area contributed by atoms with Crippen LogP contribution in [0.25, 0.3) is 0 Å². The largest absolute Gasteiger partial charge is 0.481 e. The molecule has 0 bridgehead atoms. The molecule has 0 aliphatic heterocycles. The fraction of sp³-hybridized carbons (Fsp3) is 0.588. The summed E-state index contributed by atoms with van der Waals surface area (Å²) >= 11 is 1.50. The number of carboxylic acids is 1. The molecule has 0 fully saturated rings. The normalized spacial score (nSPS) is 17.9. The molecule has 2 rings (SSSR count). The Kier molecular flexibility index (Phi) is 5.78. The van der Waals surface area contributed by atoms with Crippen LogP contribution in [0.2, 0.25) is 0 Å². The topological polar surface area (TPSA) is 90.2 Å². The molecule has 23 heavy (non-hydrogen) atoms. The number of aliphatic carboxylic acids is 1. The van der Waals surface area contributed by atoms with E-state index in [4.69, 9.17) is 5.11 Å². The number of hydrogen-bond donors (Lipinski definition) is 2. The standard InChI is InChI=1S/C17H22N2O3S/c1-3-11-4-5-12-13(9-18)17(23-14(12)8-11)19-15(20)6-10(2)7-16(21)22/h10-11H,3-8H2,1-2H3,(H,19,20)(H,21,22)/t10-,11-/m1/s1. The number of fused-ring (bicyclic) bond motifs is 1. The summed E-state index contributed by atoms with van der Waals surface area (Å²) in [6, 6.07) is 2.23. The molecule has 0 aromatic carbocycles. The number of rotatable bonds is 6. The van der Waals surface area contributed by atoms with E-state index in [1.165, 1.54) is 16.2 Å². The summed E-state index contributed by atoms with van der Waals surface area (Å²) in [5, 5.41) is 21.6. The highest BCUT2D eigenvalue weighted by Crippen LogP contribution is 2.40. The fourth-order valence-electron chi connectivity index (χ4n) is 3.07. The van der Waals surface area contributed by atoms with Crippen molar-refractivity contribution < 1.29 is 14.7 Å². The molecule has 1 aliphatic rings. The zero-order valence-corrected chi connectivity index (χ0v) is 14.3. The number of thiophene rings is 1. The Morgan fingerprint density at radius 2 is 2.22 bits per heavy atom. The third kappa shape index (κ3) is 4.32. The molecule has 2 atom stereocenters. The summed E-state index contributed by atoms with van der Waals surface area (Å²) in [5.74, 6) is -0.690. The van der Waals surface area contributed by atoms with Gasteiger partial charge in [-0.3, -0.25) is 9.59 Å². The molecule has 5 nitrogen and oxygen atoms in total. The van der Waals surface area contributed by atoms with Crippen LogP contribution in [0.15, 0.2) is 0 Å². The van der Waals surface area contributed by atoms with Gasteiger partial charge in [0.05, 0.1) is 5.56 Å². The maximum Gasteiger partial charge on any atom is 0.303 e. The van der Waals surface area contributed by atoms with Gasteiger partial charge in [-0.1, -0.05) is 20.3 Å². The second-order valence-electron chi connectivity index (χ2n) is 6.29. The lowest BCUT2D eigenvalue weighted by atomic mass is 9.86. The molecule has 1 aromatic heterocycles. The van der Waals surface area contributed by atoms with Gasteiger partial charge in [-0.2, -0.15) is 5.26 Å². The van der Waals surface area contributed by atoms with Gasteiger partial charge in [-0.25, -0.2) is 0 Å². The van der Waals surface area contributed by atoms with Crippen molar-refractivity contribution >= 4 is 28.2 Å². The van der Waals surface area contributed by atoms with Crippen molar-refractivity contribution in [3.8, 4) is 6.07 Å². The minimum Gasteiger partial charge on any atom is -0.481 e. The SMILES string of the molecule is CC[C@@H]1CCc2c(sc(NC(=O)C[C@@H](C)CC(=O)O)c2C#N)C1. The van der Waals surface area contributed by atoms with Crippen molar-refractivity contribution in [2.45, 2.75) is 52.4 Å². The Labute approximate surface area is 140 Å². The van der Waals surface area contributed by atoms with Crippen molar-refractivity contribution in [3.63, 3.8) is 0 Å². The van der Waals surface area contributed by atoms with Crippen molar-refractivity contribution in [1.29, 1.82) is 5.26 Å². The summed E-state index contributed by atoms with van der Waals surface area (Å²) in [4.78, 5) is 24.0. The maximum absolute atomic E-state index is 12.1. The lowest BCUT2D eigenvalue weighted by Gasteiger charge is -2.20. The second-order valence-corrected chi connectivity index (χ2v) is 7.40. The van der Waals surface area contributed by atoms with Gasteiger partial charge < -0.3 is 10.4 Å². The molecule has 0 spiro atoms. The van der Waals surface area contributed by atoms with Crippen molar-refractivity contribution in [3.05, 3.63) is 16.0 Å². The van der Waals surface area contributed by atoms with Crippen LogP contribution in [0.5, 0.6) is 0 Å². The van der Waals surface area contributed by atoms with Crippen molar-refractivity contribution in [2.75, 3.05) is 5.32 Å². The number of anilines is 1. The fourth-order valence-corrected chi connectivity index (χ4v) is 4.40. The lowest BCUT2D eigenvalue weighted by molar-refractivity contribution is -0.138. The zero-order chi connectivity index (χ0) is 17.0. The number of nitriles is 1.